The Hall–Kier alpha value is -4.66. The molecule has 0 spiro atoms. The average molecular weight is 455 g/mol. The summed E-state index contributed by atoms with van der Waals surface area (Å²) >= 11 is 0. The van der Waals surface area contributed by atoms with Crippen molar-refractivity contribution in [3.63, 3.8) is 0 Å². The van der Waals surface area contributed by atoms with Crippen molar-refractivity contribution in [1.29, 1.82) is 0 Å². The van der Waals surface area contributed by atoms with Gasteiger partial charge in [-0.1, -0.05) is 23.8 Å². The number of amides is 4. The van der Waals surface area contributed by atoms with Gasteiger partial charge in [0.1, 0.15) is 5.75 Å². The molecule has 1 aliphatic heterocycles. The third-order valence-corrected chi connectivity index (χ3v) is 5.05. The first-order valence-corrected chi connectivity index (χ1v) is 10.4. The van der Waals surface area contributed by atoms with Crippen molar-refractivity contribution in [3.8, 4) is 5.75 Å². The molecule has 34 heavy (non-hydrogen) atoms. The molecule has 0 aliphatic carbocycles. The molecular weight excluding hydrogens is 434 g/mol. The van der Waals surface area contributed by atoms with Crippen molar-refractivity contribution >= 4 is 46.8 Å². The largest absolute Gasteiger partial charge is 0.497 e. The van der Waals surface area contributed by atoms with Gasteiger partial charge < -0.3 is 4.74 Å². The summed E-state index contributed by atoms with van der Waals surface area (Å²) in [5, 5.41) is 10.6. The Morgan fingerprint density at radius 2 is 1.50 bits per heavy atom. The van der Waals surface area contributed by atoms with Gasteiger partial charge in [-0.2, -0.15) is 10.2 Å². The maximum Gasteiger partial charge on any atom is 0.335 e. The SMILES string of the molecule is COc1cccc(N2C(=O)NC(=O)[C@@H](C=Nc3ccc(N=Nc4ccc(C)cc4)cc3)C2=O)c1. The number of aryl methyl sites for hydroxylation is 1. The standard InChI is InChI=1S/C25H21N5O4/c1-16-6-8-18(9-7-16)28-29-19-12-10-17(11-13-19)26-15-22-23(31)27-25(33)30(24(22)32)20-4-3-5-21(14-20)34-2/h3-15,22H,1-2H3,(H,27,31,33)/t22-/m1/s1. The van der Waals surface area contributed by atoms with E-state index in [1.807, 2.05) is 31.2 Å². The summed E-state index contributed by atoms with van der Waals surface area (Å²) in [5.41, 5.74) is 3.31. The van der Waals surface area contributed by atoms with Crippen LogP contribution in [0.2, 0.25) is 0 Å². The first kappa shape index (κ1) is 22.5. The lowest BCUT2D eigenvalue weighted by Gasteiger charge is -2.28. The molecule has 1 atom stereocenters. The van der Waals surface area contributed by atoms with Gasteiger partial charge in [0, 0.05) is 12.3 Å². The zero-order chi connectivity index (χ0) is 24.1. The highest BCUT2D eigenvalue weighted by Gasteiger charge is 2.40. The minimum absolute atomic E-state index is 0.288. The van der Waals surface area contributed by atoms with Gasteiger partial charge in [0.25, 0.3) is 5.91 Å². The highest BCUT2D eigenvalue weighted by molar-refractivity contribution is 6.32. The molecule has 1 heterocycles. The number of anilines is 1. The van der Waals surface area contributed by atoms with Gasteiger partial charge in [-0.25, -0.2) is 9.69 Å². The van der Waals surface area contributed by atoms with E-state index in [0.717, 1.165) is 16.2 Å². The van der Waals surface area contributed by atoms with E-state index in [2.05, 4.69) is 20.5 Å². The first-order valence-electron chi connectivity index (χ1n) is 10.4. The van der Waals surface area contributed by atoms with Crippen molar-refractivity contribution in [1.82, 2.24) is 5.32 Å². The Morgan fingerprint density at radius 3 is 2.15 bits per heavy atom. The fraction of sp³-hybridized carbons (Fsp3) is 0.120. The van der Waals surface area contributed by atoms with Crippen molar-refractivity contribution in [2.75, 3.05) is 12.0 Å². The zero-order valence-corrected chi connectivity index (χ0v) is 18.5. The highest BCUT2D eigenvalue weighted by atomic mass is 16.5. The van der Waals surface area contributed by atoms with E-state index in [1.54, 1.807) is 42.5 Å². The summed E-state index contributed by atoms with van der Waals surface area (Å²) in [6, 6.07) is 20.1. The van der Waals surface area contributed by atoms with Gasteiger partial charge in [0.05, 0.1) is 29.9 Å². The number of benzene rings is 3. The lowest BCUT2D eigenvalue weighted by Crippen LogP contribution is -2.58. The van der Waals surface area contributed by atoms with Crippen LogP contribution in [-0.4, -0.2) is 31.2 Å². The van der Waals surface area contributed by atoms with Gasteiger partial charge in [0.2, 0.25) is 5.91 Å². The lowest BCUT2D eigenvalue weighted by molar-refractivity contribution is -0.131. The van der Waals surface area contributed by atoms with Gasteiger partial charge >= 0.3 is 6.03 Å². The number of imide groups is 2. The second-order valence-corrected chi connectivity index (χ2v) is 7.48. The Morgan fingerprint density at radius 1 is 0.882 bits per heavy atom. The number of azo groups is 1. The van der Waals surface area contributed by atoms with Crippen molar-refractivity contribution in [3.05, 3.63) is 78.4 Å². The number of aliphatic imine (C=N–C) groups is 1. The summed E-state index contributed by atoms with van der Waals surface area (Å²) in [5.74, 6) is -2.22. The summed E-state index contributed by atoms with van der Waals surface area (Å²) in [7, 11) is 1.48. The summed E-state index contributed by atoms with van der Waals surface area (Å²) in [6.07, 6.45) is 1.22. The number of ether oxygens (including phenoxy) is 1. The van der Waals surface area contributed by atoms with Crippen LogP contribution in [0.25, 0.3) is 0 Å². The third kappa shape index (κ3) is 5.04. The molecule has 3 aromatic carbocycles. The predicted octanol–water partition coefficient (Wildman–Crippen LogP) is 5.02. The van der Waals surface area contributed by atoms with E-state index in [-0.39, 0.29) is 5.69 Å². The van der Waals surface area contributed by atoms with Crippen LogP contribution in [0.15, 0.2) is 88.0 Å². The fourth-order valence-corrected chi connectivity index (χ4v) is 3.21. The second-order valence-electron chi connectivity index (χ2n) is 7.48. The summed E-state index contributed by atoms with van der Waals surface area (Å²) in [4.78, 5) is 42.7. The second kappa shape index (κ2) is 9.86. The van der Waals surface area contributed by atoms with Crippen molar-refractivity contribution in [2.45, 2.75) is 6.92 Å². The van der Waals surface area contributed by atoms with E-state index < -0.39 is 23.8 Å². The van der Waals surface area contributed by atoms with Crippen LogP contribution >= 0.6 is 0 Å². The normalized spacial score (nSPS) is 16.4. The molecule has 1 aliphatic rings. The minimum Gasteiger partial charge on any atom is -0.497 e. The van der Waals surface area contributed by atoms with Crippen LogP contribution in [0, 0.1) is 12.8 Å². The minimum atomic E-state index is -1.26. The van der Waals surface area contributed by atoms with Crippen LogP contribution in [0.4, 0.5) is 27.5 Å². The van der Waals surface area contributed by atoms with E-state index in [1.165, 1.54) is 19.4 Å². The molecule has 9 nitrogen and oxygen atoms in total. The molecule has 0 unspecified atom stereocenters. The Bertz CT molecular complexity index is 1280. The van der Waals surface area contributed by atoms with E-state index in [9.17, 15) is 14.4 Å². The maximum absolute atomic E-state index is 12.9. The van der Waals surface area contributed by atoms with Crippen LogP contribution in [0.1, 0.15) is 5.56 Å². The molecule has 0 radical (unpaired) electrons. The fourth-order valence-electron chi connectivity index (χ4n) is 3.21. The van der Waals surface area contributed by atoms with Crippen LogP contribution in [-0.2, 0) is 9.59 Å². The Balaban J connectivity index is 1.48. The van der Waals surface area contributed by atoms with Crippen molar-refractivity contribution in [2.24, 2.45) is 21.1 Å². The molecule has 4 rings (SSSR count). The molecule has 0 saturated carbocycles. The lowest BCUT2D eigenvalue weighted by atomic mass is 10.1. The molecular formula is C25H21N5O4. The number of urea groups is 1. The number of carbonyl (C=O) groups is 3. The van der Waals surface area contributed by atoms with Crippen molar-refractivity contribution < 1.29 is 19.1 Å². The number of barbiturate groups is 1. The molecule has 1 fully saturated rings. The topological polar surface area (TPSA) is 113 Å². The number of carbonyl (C=O) groups excluding carboxylic acids is 3. The van der Waals surface area contributed by atoms with Crippen LogP contribution < -0.4 is 15.0 Å². The van der Waals surface area contributed by atoms with E-state index in [4.69, 9.17) is 4.74 Å². The van der Waals surface area contributed by atoms with Crippen LogP contribution in [0.5, 0.6) is 5.75 Å². The highest BCUT2D eigenvalue weighted by Crippen LogP contribution is 2.25. The van der Waals surface area contributed by atoms with Gasteiger partial charge in [-0.05, 0) is 55.5 Å². The third-order valence-electron chi connectivity index (χ3n) is 5.05. The number of nitrogens with zero attached hydrogens (tertiary/aromatic N) is 4. The number of rotatable bonds is 6. The maximum atomic E-state index is 12.9. The molecule has 1 saturated heterocycles. The number of hydrogen-bond donors (Lipinski definition) is 1. The molecule has 4 amide bonds. The molecule has 0 bridgehead atoms. The van der Waals surface area contributed by atoms with Crippen LogP contribution in [0.3, 0.4) is 0 Å². The summed E-state index contributed by atoms with van der Waals surface area (Å²) in [6.45, 7) is 2.00. The Kier molecular flexibility index (Phi) is 6.54. The number of nitrogens with one attached hydrogen (secondary N) is 1. The van der Waals surface area contributed by atoms with Gasteiger partial charge in [0.15, 0.2) is 5.92 Å². The molecule has 0 aromatic heterocycles. The smallest absolute Gasteiger partial charge is 0.335 e. The molecule has 170 valence electrons. The molecule has 1 N–H and O–H groups in total. The monoisotopic (exact) mass is 455 g/mol. The average Bonchev–Trinajstić information content (AvgIpc) is 2.84. The molecule has 9 heteroatoms. The van der Waals surface area contributed by atoms with E-state index >= 15 is 0 Å². The number of hydrogen-bond acceptors (Lipinski definition) is 7. The van der Waals surface area contributed by atoms with Gasteiger partial charge in [-0.3, -0.25) is 19.9 Å². The number of methoxy groups -OCH3 is 1. The quantitative estimate of drug-likeness (QED) is 0.319. The first-order chi connectivity index (χ1) is 16.4. The Labute approximate surface area is 195 Å². The van der Waals surface area contributed by atoms with E-state index in [0.29, 0.717) is 17.1 Å². The van der Waals surface area contributed by atoms with Gasteiger partial charge in [-0.15, -0.1) is 0 Å². The summed E-state index contributed by atoms with van der Waals surface area (Å²) < 4.78 is 5.15. The predicted molar refractivity (Wildman–Crippen MR) is 127 cm³/mol. The zero-order valence-electron chi connectivity index (χ0n) is 18.5. The molecule has 3 aromatic rings.